The molecule has 1 aromatic heterocycles. The summed E-state index contributed by atoms with van der Waals surface area (Å²) in [7, 11) is 0. The first kappa shape index (κ1) is 13.8. The van der Waals surface area contributed by atoms with Crippen molar-refractivity contribution in [1.82, 2.24) is 9.97 Å². The molecule has 0 atom stereocenters. The van der Waals surface area contributed by atoms with E-state index in [2.05, 4.69) is 31.2 Å². The minimum absolute atomic E-state index is 0.324. The standard InChI is InChI=1S/C14H12BrClFN3/c1-7-12(16)19-14(8-2-3-8)20-13(7)18-9-4-5-10(15)11(17)6-9/h4-6,8H,2-3H2,1H3,(H,18,19,20). The first-order valence-electron chi connectivity index (χ1n) is 6.30. The predicted octanol–water partition coefficient (Wildman–Crippen LogP) is 4.96. The van der Waals surface area contributed by atoms with Gasteiger partial charge in [-0.3, -0.25) is 0 Å². The molecule has 20 heavy (non-hydrogen) atoms. The lowest BCUT2D eigenvalue weighted by atomic mass is 10.2. The quantitative estimate of drug-likeness (QED) is 0.790. The zero-order chi connectivity index (χ0) is 14.3. The average Bonchev–Trinajstić information content (AvgIpc) is 3.23. The molecule has 104 valence electrons. The summed E-state index contributed by atoms with van der Waals surface area (Å²) < 4.78 is 14.0. The van der Waals surface area contributed by atoms with Crippen molar-refractivity contribution < 1.29 is 4.39 Å². The van der Waals surface area contributed by atoms with Gasteiger partial charge in [0.1, 0.15) is 22.6 Å². The Bertz CT molecular complexity index is 674. The second-order valence-electron chi connectivity index (χ2n) is 4.87. The van der Waals surface area contributed by atoms with Crippen molar-refractivity contribution in [2.45, 2.75) is 25.7 Å². The Hall–Kier alpha value is -1.20. The van der Waals surface area contributed by atoms with Gasteiger partial charge >= 0.3 is 0 Å². The number of nitrogens with zero attached hydrogens (tertiary/aromatic N) is 2. The van der Waals surface area contributed by atoms with E-state index in [1.165, 1.54) is 6.07 Å². The number of hydrogen-bond acceptors (Lipinski definition) is 3. The monoisotopic (exact) mass is 355 g/mol. The molecule has 0 aliphatic heterocycles. The maximum atomic E-state index is 13.5. The van der Waals surface area contributed by atoms with Crippen LogP contribution in [0.3, 0.4) is 0 Å². The predicted molar refractivity (Wildman–Crippen MR) is 81.1 cm³/mol. The van der Waals surface area contributed by atoms with Crippen molar-refractivity contribution >= 4 is 39.0 Å². The largest absolute Gasteiger partial charge is 0.340 e. The van der Waals surface area contributed by atoms with Crippen molar-refractivity contribution in [2.75, 3.05) is 5.32 Å². The Kier molecular flexibility index (Phi) is 3.65. The summed E-state index contributed by atoms with van der Waals surface area (Å²) in [4.78, 5) is 8.80. The van der Waals surface area contributed by atoms with E-state index in [-0.39, 0.29) is 5.82 Å². The minimum atomic E-state index is -0.324. The molecule has 2 aromatic rings. The highest BCUT2D eigenvalue weighted by molar-refractivity contribution is 9.10. The van der Waals surface area contributed by atoms with Crippen LogP contribution in [0.15, 0.2) is 22.7 Å². The van der Waals surface area contributed by atoms with Crippen LogP contribution < -0.4 is 5.32 Å². The van der Waals surface area contributed by atoms with Gasteiger partial charge in [0.15, 0.2) is 0 Å². The molecule has 1 heterocycles. The van der Waals surface area contributed by atoms with Crippen LogP contribution in [0.1, 0.15) is 30.1 Å². The molecule has 0 radical (unpaired) electrons. The van der Waals surface area contributed by atoms with Crippen LogP contribution in [-0.4, -0.2) is 9.97 Å². The highest BCUT2D eigenvalue weighted by Gasteiger charge is 2.28. The van der Waals surface area contributed by atoms with Gasteiger partial charge in [0.25, 0.3) is 0 Å². The van der Waals surface area contributed by atoms with E-state index in [0.29, 0.717) is 27.0 Å². The second kappa shape index (κ2) is 5.30. The van der Waals surface area contributed by atoms with Gasteiger partial charge < -0.3 is 5.32 Å². The summed E-state index contributed by atoms with van der Waals surface area (Å²) in [6.07, 6.45) is 2.21. The van der Waals surface area contributed by atoms with Crippen LogP contribution in [0.25, 0.3) is 0 Å². The molecule has 3 nitrogen and oxygen atoms in total. The van der Waals surface area contributed by atoms with Crippen molar-refractivity contribution in [3.05, 3.63) is 45.0 Å². The van der Waals surface area contributed by atoms with E-state index in [4.69, 9.17) is 11.6 Å². The third-order valence-corrected chi connectivity index (χ3v) is 4.24. The summed E-state index contributed by atoms with van der Waals surface area (Å²) in [6, 6.07) is 4.84. The fraction of sp³-hybridized carbons (Fsp3) is 0.286. The summed E-state index contributed by atoms with van der Waals surface area (Å²) in [5, 5.41) is 3.55. The van der Waals surface area contributed by atoms with E-state index in [9.17, 15) is 4.39 Å². The van der Waals surface area contributed by atoms with Gasteiger partial charge in [0, 0.05) is 17.2 Å². The fourth-order valence-corrected chi connectivity index (χ4v) is 2.28. The summed E-state index contributed by atoms with van der Waals surface area (Å²) in [6.45, 7) is 1.84. The zero-order valence-electron chi connectivity index (χ0n) is 10.8. The van der Waals surface area contributed by atoms with Gasteiger partial charge in [-0.1, -0.05) is 11.6 Å². The van der Waals surface area contributed by atoms with Gasteiger partial charge in [-0.15, -0.1) is 0 Å². The number of aromatic nitrogens is 2. The summed E-state index contributed by atoms with van der Waals surface area (Å²) >= 11 is 9.27. The zero-order valence-corrected chi connectivity index (χ0v) is 13.1. The number of benzene rings is 1. The highest BCUT2D eigenvalue weighted by atomic mass is 79.9. The first-order chi connectivity index (χ1) is 9.54. The molecule has 0 amide bonds. The number of anilines is 2. The van der Waals surface area contributed by atoms with Crippen LogP contribution in [0.4, 0.5) is 15.9 Å². The highest BCUT2D eigenvalue weighted by Crippen LogP contribution is 2.39. The fourth-order valence-electron chi connectivity index (χ4n) is 1.86. The van der Waals surface area contributed by atoms with E-state index in [0.717, 1.165) is 24.2 Å². The third kappa shape index (κ3) is 2.79. The Labute approximate surface area is 129 Å². The summed E-state index contributed by atoms with van der Waals surface area (Å²) in [5.74, 6) is 1.49. The van der Waals surface area contributed by atoms with Gasteiger partial charge in [-0.25, -0.2) is 14.4 Å². The maximum absolute atomic E-state index is 13.5. The van der Waals surface area contributed by atoms with Crippen LogP contribution in [0.2, 0.25) is 5.15 Å². The molecule has 1 saturated carbocycles. The molecule has 1 N–H and O–H groups in total. The smallest absolute Gasteiger partial charge is 0.139 e. The molecule has 0 saturated heterocycles. The maximum Gasteiger partial charge on any atom is 0.139 e. The Balaban J connectivity index is 1.94. The number of hydrogen-bond donors (Lipinski definition) is 1. The number of halogens is 3. The number of rotatable bonds is 3. The van der Waals surface area contributed by atoms with E-state index < -0.39 is 0 Å². The van der Waals surface area contributed by atoms with Crippen LogP contribution in [-0.2, 0) is 0 Å². The molecular weight excluding hydrogens is 345 g/mol. The molecule has 1 aromatic carbocycles. The normalized spacial score (nSPS) is 14.4. The van der Waals surface area contributed by atoms with E-state index in [1.54, 1.807) is 12.1 Å². The van der Waals surface area contributed by atoms with Crippen LogP contribution in [0.5, 0.6) is 0 Å². The molecule has 1 aliphatic carbocycles. The molecule has 1 aliphatic rings. The molecule has 3 rings (SSSR count). The van der Waals surface area contributed by atoms with Gasteiger partial charge in [-0.2, -0.15) is 0 Å². The minimum Gasteiger partial charge on any atom is -0.340 e. The molecule has 0 spiro atoms. The Morgan fingerprint density at radius 3 is 2.75 bits per heavy atom. The lowest BCUT2D eigenvalue weighted by Gasteiger charge is -2.11. The molecule has 6 heteroatoms. The third-order valence-electron chi connectivity index (χ3n) is 3.23. The summed E-state index contributed by atoms with van der Waals surface area (Å²) in [5.41, 5.74) is 1.39. The second-order valence-corrected chi connectivity index (χ2v) is 6.09. The lowest BCUT2D eigenvalue weighted by molar-refractivity contribution is 0.622. The Morgan fingerprint density at radius 2 is 2.10 bits per heavy atom. The number of nitrogens with one attached hydrogen (secondary N) is 1. The molecule has 1 fully saturated rings. The lowest BCUT2D eigenvalue weighted by Crippen LogP contribution is -2.03. The van der Waals surface area contributed by atoms with Crippen molar-refractivity contribution in [3.8, 4) is 0 Å². The van der Waals surface area contributed by atoms with E-state index in [1.807, 2.05) is 6.92 Å². The SMILES string of the molecule is Cc1c(Cl)nc(C2CC2)nc1Nc1ccc(Br)c(F)c1. The van der Waals surface area contributed by atoms with Gasteiger partial charge in [-0.05, 0) is 53.9 Å². The topological polar surface area (TPSA) is 37.8 Å². The van der Waals surface area contributed by atoms with Crippen molar-refractivity contribution in [3.63, 3.8) is 0 Å². The first-order valence-corrected chi connectivity index (χ1v) is 7.48. The molecule has 0 unspecified atom stereocenters. The van der Waals surface area contributed by atoms with Crippen LogP contribution in [0, 0.1) is 12.7 Å². The molecular formula is C14H12BrClFN3. The Morgan fingerprint density at radius 1 is 1.35 bits per heavy atom. The average molecular weight is 357 g/mol. The van der Waals surface area contributed by atoms with E-state index >= 15 is 0 Å². The van der Waals surface area contributed by atoms with Gasteiger partial charge in [0.2, 0.25) is 0 Å². The van der Waals surface area contributed by atoms with Crippen LogP contribution >= 0.6 is 27.5 Å². The van der Waals surface area contributed by atoms with Crippen molar-refractivity contribution in [1.29, 1.82) is 0 Å². The van der Waals surface area contributed by atoms with Crippen molar-refractivity contribution in [2.24, 2.45) is 0 Å². The van der Waals surface area contributed by atoms with Gasteiger partial charge in [0.05, 0.1) is 4.47 Å². The molecule has 0 bridgehead atoms.